The summed E-state index contributed by atoms with van der Waals surface area (Å²) in [5.41, 5.74) is 3.67. The van der Waals surface area contributed by atoms with E-state index in [-0.39, 0.29) is 29.8 Å². The second-order valence-corrected chi connectivity index (χ2v) is 10.1. The first-order valence-electron chi connectivity index (χ1n) is 12.8. The van der Waals surface area contributed by atoms with Crippen molar-refractivity contribution in [2.24, 2.45) is 17.8 Å². The van der Waals surface area contributed by atoms with Gasteiger partial charge < -0.3 is 25.0 Å². The van der Waals surface area contributed by atoms with Gasteiger partial charge in [0.15, 0.2) is 5.82 Å². The lowest BCUT2D eigenvalue weighted by atomic mass is 9.89. The molecular formula is C27H34ClN5O3. The lowest BCUT2D eigenvalue weighted by molar-refractivity contribution is -0.149. The number of carbonyl (C=O) groups is 1. The Hall–Kier alpha value is -2.68. The van der Waals surface area contributed by atoms with Gasteiger partial charge in [0.1, 0.15) is 5.02 Å². The van der Waals surface area contributed by atoms with E-state index in [1.165, 1.54) is 11.1 Å². The number of esters is 1. The predicted octanol–water partition coefficient (Wildman–Crippen LogP) is 4.09. The summed E-state index contributed by atoms with van der Waals surface area (Å²) in [6.07, 6.45) is 8.87. The lowest BCUT2D eigenvalue weighted by Crippen LogP contribution is -2.39. The van der Waals surface area contributed by atoms with Gasteiger partial charge in [-0.1, -0.05) is 29.8 Å². The highest BCUT2D eigenvalue weighted by Gasteiger charge is 2.49. The number of carbonyl (C=O) groups excluding carboxylic acids is 1. The van der Waals surface area contributed by atoms with Gasteiger partial charge in [0.2, 0.25) is 5.95 Å². The first-order valence-corrected chi connectivity index (χ1v) is 13.2. The van der Waals surface area contributed by atoms with Crippen LogP contribution in [0.5, 0.6) is 0 Å². The van der Waals surface area contributed by atoms with E-state index in [4.69, 9.17) is 21.1 Å². The van der Waals surface area contributed by atoms with Gasteiger partial charge in [-0.15, -0.1) is 0 Å². The van der Waals surface area contributed by atoms with E-state index in [1.807, 2.05) is 6.92 Å². The van der Waals surface area contributed by atoms with Crippen molar-refractivity contribution >= 4 is 35.0 Å². The Balaban J connectivity index is 1.29. The zero-order valence-electron chi connectivity index (χ0n) is 20.9. The third-order valence-corrected chi connectivity index (χ3v) is 7.81. The fourth-order valence-electron chi connectivity index (χ4n) is 5.69. The summed E-state index contributed by atoms with van der Waals surface area (Å²) in [6, 6.07) is 6.36. The van der Waals surface area contributed by atoms with E-state index in [2.05, 4.69) is 55.9 Å². The van der Waals surface area contributed by atoms with Crippen LogP contribution in [0.1, 0.15) is 24.5 Å². The number of hydrogen-bond acceptors (Lipinski definition) is 8. The number of nitrogens with one attached hydrogen (secondary N) is 2. The number of hydrogen-bond donors (Lipinski definition) is 2. The van der Waals surface area contributed by atoms with Crippen LogP contribution in [0.15, 0.2) is 36.5 Å². The molecule has 2 aromatic rings. The van der Waals surface area contributed by atoms with E-state index in [1.54, 1.807) is 13.3 Å². The molecule has 1 saturated carbocycles. The molecule has 0 spiro atoms. The summed E-state index contributed by atoms with van der Waals surface area (Å²) in [7, 11) is 1.75. The van der Waals surface area contributed by atoms with Crippen LogP contribution >= 0.6 is 11.6 Å². The van der Waals surface area contributed by atoms with Crippen LogP contribution in [0.3, 0.4) is 0 Å². The zero-order valence-corrected chi connectivity index (χ0v) is 21.6. The smallest absolute Gasteiger partial charge is 0.311 e. The summed E-state index contributed by atoms with van der Waals surface area (Å²) in [4.78, 5) is 24.2. The van der Waals surface area contributed by atoms with Gasteiger partial charge in [0, 0.05) is 38.5 Å². The minimum absolute atomic E-state index is 0.104. The standard InChI is InChI=1S/C27H34ClN5O3/c1-3-36-26(34)23-19-4-5-20(14-19)24(23)31-25-22(28)16-29-27(32-25)30-21-7-6-17-8-10-33(12-13-35-2)11-9-18(17)15-21/h4-7,15-16,19-20,23-24H,3,8-14H2,1-2H3,(H2,29,30,31,32)/t19-,20+,23-,24+/m0/s1. The van der Waals surface area contributed by atoms with Crippen molar-refractivity contribution in [3.63, 3.8) is 0 Å². The van der Waals surface area contributed by atoms with Crippen molar-refractivity contribution in [3.8, 4) is 0 Å². The Kier molecular flexibility index (Phi) is 7.74. The molecule has 2 aliphatic carbocycles. The number of ether oxygens (including phenoxy) is 2. The van der Waals surface area contributed by atoms with Gasteiger partial charge in [0.05, 0.1) is 25.3 Å². The number of benzene rings is 1. The molecule has 4 atom stereocenters. The average Bonchev–Trinajstić information content (AvgIpc) is 3.42. The molecule has 36 heavy (non-hydrogen) atoms. The number of aromatic nitrogens is 2. The zero-order chi connectivity index (χ0) is 25.1. The van der Waals surface area contributed by atoms with Gasteiger partial charge in [-0.05, 0) is 61.3 Å². The monoisotopic (exact) mass is 511 g/mol. The molecule has 9 heteroatoms. The van der Waals surface area contributed by atoms with Gasteiger partial charge in [-0.25, -0.2) is 4.98 Å². The highest BCUT2D eigenvalue weighted by atomic mass is 35.5. The summed E-state index contributed by atoms with van der Waals surface area (Å²) in [5.74, 6) is 1.02. The molecule has 3 aliphatic rings. The highest BCUT2D eigenvalue weighted by Crippen LogP contribution is 2.46. The highest BCUT2D eigenvalue weighted by molar-refractivity contribution is 6.32. The lowest BCUT2D eigenvalue weighted by Gasteiger charge is -2.28. The van der Waals surface area contributed by atoms with Crippen LogP contribution in [0, 0.1) is 17.8 Å². The van der Waals surface area contributed by atoms with Crippen molar-refractivity contribution in [3.05, 3.63) is 52.7 Å². The molecule has 1 aromatic carbocycles. The molecule has 5 rings (SSSR count). The first-order chi connectivity index (χ1) is 17.6. The van der Waals surface area contributed by atoms with Crippen LogP contribution in [0.2, 0.25) is 5.02 Å². The van der Waals surface area contributed by atoms with Crippen LogP contribution in [-0.2, 0) is 27.1 Å². The summed E-state index contributed by atoms with van der Waals surface area (Å²) < 4.78 is 10.6. The van der Waals surface area contributed by atoms with Crippen LogP contribution in [-0.4, -0.2) is 66.8 Å². The third-order valence-electron chi connectivity index (χ3n) is 7.53. The van der Waals surface area contributed by atoms with E-state index >= 15 is 0 Å². The van der Waals surface area contributed by atoms with Crippen LogP contribution < -0.4 is 10.6 Å². The molecule has 1 aliphatic heterocycles. The predicted molar refractivity (Wildman–Crippen MR) is 141 cm³/mol. The molecule has 8 nitrogen and oxygen atoms in total. The maximum absolute atomic E-state index is 12.7. The normalized spacial score (nSPS) is 24.9. The Morgan fingerprint density at radius 1 is 1.19 bits per heavy atom. The molecule has 1 aromatic heterocycles. The van der Waals surface area contributed by atoms with Crippen LogP contribution in [0.4, 0.5) is 17.5 Å². The Bertz CT molecular complexity index is 1130. The second kappa shape index (κ2) is 11.2. The van der Waals surface area contributed by atoms with Crippen molar-refractivity contribution in [1.82, 2.24) is 14.9 Å². The number of halogens is 1. The van der Waals surface area contributed by atoms with Gasteiger partial charge >= 0.3 is 5.97 Å². The number of anilines is 3. The van der Waals surface area contributed by atoms with Gasteiger partial charge in [0.25, 0.3) is 0 Å². The van der Waals surface area contributed by atoms with Crippen molar-refractivity contribution in [2.45, 2.75) is 32.2 Å². The molecule has 0 unspecified atom stereocenters. The number of methoxy groups -OCH3 is 1. The maximum atomic E-state index is 12.7. The molecule has 2 heterocycles. The molecular weight excluding hydrogens is 478 g/mol. The topological polar surface area (TPSA) is 88.6 Å². The third kappa shape index (κ3) is 5.36. The Morgan fingerprint density at radius 3 is 2.81 bits per heavy atom. The fourth-order valence-corrected chi connectivity index (χ4v) is 5.83. The SMILES string of the molecule is CCOC(=O)[C@@H]1[C@H](Nc2nc(Nc3ccc4c(c3)CCN(CCOC)CC4)ncc2Cl)[C@@H]2C=C[C@H]1C2. The quantitative estimate of drug-likeness (QED) is 0.384. The molecule has 0 radical (unpaired) electrons. The molecule has 192 valence electrons. The van der Waals surface area contributed by atoms with Crippen molar-refractivity contribution < 1.29 is 14.3 Å². The second-order valence-electron chi connectivity index (χ2n) is 9.73. The number of nitrogens with zero attached hydrogens (tertiary/aromatic N) is 3. The Morgan fingerprint density at radius 2 is 2.00 bits per heavy atom. The summed E-state index contributed by atoms with van der Waals surface area (Å²) >= 11 is 6.47. The fraction of sp³-hybridized carbons (Fsp3) is 0.519. The van der Waals surface area contributed by atoms with Gasteiger partial charge in [-0.3, -0.25) is 4.79 Å². The number of allylic oxidation sites excluding steroid dienone is 1. The van der Waals surface area contributed by atoms with Crippen molar-refractivity contribution in [1.29, 1.82) is 0 Å². The largest absolute Gasteiger partial charge is 0.466 e. The first kappa shape index (κ1) is 25.0. The van der Waals surface area contributed by atoms with Gasteiger partial charge in [-0.2, -0.15) is 4.98 Å². The minimum atomic E-state index is -0.240. The van der Waals surface area contributed by atoms with Crippen molar-refractivity contribution in [2.75, 3.05) is 50.6 Å². The van der Waals surface area contributed by atoms with E-state index in [0.717, 1.165) is 51.2 Å². The Labute approximate surface area is 217 Å². The molecule has 1 fully saturated rings. The molecule has 2 bridgehead atoms. The van der Waals surface area contributed by atoms with E-state index in [0.29, 0.717) is 23.4 Å². The average molecular weight is 512 g/mol. The van der Waals surface area contributed by atoms with E-state index < -0.39 is 0 Å². The maximum Gasteiger partial charge on any atom is 0.311 e. The molecule has 0 saturated heterocycles. The van der Waals surface area contributed by atoms with Crippen LogP contribution in [0.25, 0.3) is 0 Å². The summed E-state index contributed by atoms with van der Waals surface area (Å²) in [6.45, 7) is 5.99. The molecule has 2 N–H and O–H groups in total. The minimum Gasteiger partial charge on any atom is -0.466 e. The number of fused-ring (bicyclic) bond motifs is 3. The number of rotatable bonds is 9. The summed E-state index contributed by atoms with van der Waals surface area (Å²) in [5, 5.41) is 7.21. The molecule has 0 amide bonds. The van der Waals surface area contributed by atoms with E-state index in [9.17, 15) is 4.79 Å².